The molecule has 0 fully saturated rings. The molecule has 1 amide bonds. The van der Waals surface area contributed by atoms with Gasteiger partial charge in [-0.3, -0.25) is 14.9 Å². The Morgan fingerprint density at radius 2 is 1.85 bits per heavy atom. The van der Waals surface area contributed by atoms with E-state index in [1.54, 1.807) is 26.0 Å². The number of amides is 1. The molecule has 0 atom stereocenters. The number of anilines is 1. The summed E-state index contributed by atoms with van der Waals surface area (Å²) in [5.41, 5.74) is 0.917. The Bertz CT molecular complexity index is 811. The zero-order chi connectivity index (χ0) is 20.0. The van der Waals surface area contributed by atoms with E-state index in [2.05, 4.69) is 15.4 Å². The van der Waals surface area contributed by atoms with Crippen LogP contribution in [0.4, 0.5) is 20.2 Å². The Kier molecular flexibility index (Phi) is 6.64. The van der Waals surface area contributed by atoms with Crippen LogP contribution in [0, 0.1) is 10.1 Å². The lowest BCUT2D eigenvalue weighted by Crippen LogP contribution is -2.30. The summed E-state index contributed by atoms with van der Waals surface area (Å²) >= 11 is 0. The maximum atomic E-state index is 12.1. The number of nitrogens with one attached hydrogen (secondary N) is 2. The topological polar surface area (TPSA) is 93.5 Å². The second-order valence-electron chi connectivity index (χ2n) is 5.99. The van der Waals surface area contributed by atoms with Gasteiger partial charge < -0.3 is 15.4 Å². The van der Waals surface area contributed by atoms with E-state index in [0.29, 0.717) is 5.56 Å². The average molecular weight is 379 g/mol. The molecule has 0 saturated heterocycles. The fraction of sp³-hybridized carbons (Fsp3) is 0.278. The quantitative estimate of drug-likeness (QED) is 0.535. The number of nitro groups is 1. The van der Waals surface area contributed by atoms with Gasteiger partial charge in [-0.1, -0.05) is 12.1 Å². The molecular weight excluding hydrogens is 360 g/mol. The Balaban J connectivity index is 2.11. The van der Waals surface area contributed by atoms with Gasteiger partial charge in [0.25, 0.3) is 11.6 Å². The lowest BCUT2D eigenvalue weighted by molar-refractivity contribution is -0.384. The van der Waals surface area contributed by atoms with Crippen molar-refractivity contribution in [2.45, 2.75) is 33.0 Å². The van der Waals surface area contributed by atoms with Gasteiger partial charge in [-0.15, -0.1) is 0 Å². The molecular formula is C18H19F2N3O4. The standard InChI is InChI=1S/C18H19F2N3O4/c1-11(2)22-17(24)13-5-8-15(16(9-13)23(25)26)21-10-12-3-6-14(7-4-12)27-18(19)20/h3-9,11,18,21H,10H2,1-2H3,(H,22,24). The van der Waals surface area contributed by atoms with Crippen LogP contribution < -0.4 is 15.4 Å². The summed E-state index contributed by atoms with van der Waals surface area (Å²) in [5, 5.41) is 16.9. The molecule has 2 aromatic carbocycles. The van der Waals surface area contributed by atoms with Crippen LogP contribution in [0.2, 0.25) is 0 Å². The Morgan fingerprint density at radius 1 is 1.19 bits per heavy atom. The molecule has 2 rings (SSSR count). The molecule has 0 aliphatic carbocycles. The number of hydrogen-bond acceptors (Lipinski definition) is 5. The summed E-state index contributed by atoms with van der Waals surface area (Å²) in [5.74, 6) is -0.366. The zero-order valence-electron chi connectivity index (χ0n) is 14.7. The first kappa shape index (κ1) is 20.1. The SMILES string of the molecule is CC(C)NC(=O)c1ccc(NCc2ccc(OC(F)F)cc2)c([N+](=O)[O-])c1. The Hall–Kier alpha value is -3.23. The van der Waals surface area contributed by atoms with Crippen molar-refractivity contribution in [3.05, 3.63) is 63.7 Å². The minimum Gasteiger partial charge on any atom is -0.435 e. The highest BCUT2D eigenvalue weighted by molar-refractivity contribution is 5.95. The average Bonchev–Trinajstić information content (AvgIpc) is 2.59. The molecule has 0 heterocycles. The van der Waals surface area contributed by atoms with Crippen LogP contribution in [0.3, 0.4) is 0 Å². The van der Waals surface area contributed by atoms with Crippen molar-refractivity contribution in [3.8, 4) is 5.75 Å². The minimum absolute atomic E-state index is 0.0280. The highest BCUT2D eigenvalue weighted by atomic mass is 19.3. The summed E-state index contributed by atoms with van der Waals surface area (Å²) < 4.78 is 28.6. The molecule has 27 heavy (non-hydrogen) atoms. The molecule has 0 aromatic heterocycles. The lowest BCUT2D eigenvalue weighted by Gasteiger charge is -2.11. The summed E-state index contributed by atoms with van der Waals surface area (Å²) in [7, 11) is 0. The van der Waals surface area contributed by atoms with Gasteiger partial charge in [0.1, 0.15) is 11.4 Å². The molecule has 2 aromatic rings. The first-order valence-corrected chi connectivity index (χ1v) is 8.13. The fourth-order valence-electron chi connectivity index (χ4n) is 2.30. The number of alkyl halides is 2. The monoisotopic (exact) mass is 379 g/mol. The van der Waals surface area contributed by atoms with E-state index in [-0.39, 0.29) is 35.3 Å². The molecule has 2 N–H and O–H groups in total. The van der Waals surface area contributed by atoms with Crippen molar-refractivity contribution in [2.75, 3.05) is 5.32 Å². The normalized spacial score (nSPS) is 10.7. The van der Waals surface area contributed by atoms with Gasteiger partial charge in [-0.25, -0.2) is 0 Å². The third-order valence-electron chi connectivity index (χ3n) is 3.51. The van der Waals surface area contributed by atoms with Crippen LogP contribution in [0.15, 0.2) is 42.5 Å². The zero-order valence-corrected chi connectivity index (χ0v) is 14.7. The van der Waals surface area contributed by atoms with Crippen molar-refractivity contribution in [1.82, 2.24) is 5.32 Å². The van der Waals surface area contributed by atoms with E-state index in [1.807, 2.05) is 0 Å². The predicted molar refractivity (Wildman–Crippen MR) is 96.1 cm³/mol. The van der Waals surface area contributed by atoms with Gasteiger partial charge in [-0.05, 0) is 43.7 Å². The van der Waals surface area contributed by atoms with Crippen molar-refractivity contribution in [3.63, 3.8) is 0 Å². The van der Waals surface area contributed by atoms with Crippen LogP contribution in [0.1, 0.15) is 29.8 Å². The van der Waals surface area contributed by atoms with Gasteiger partial charge in [-0.2, -0.15) is 8.78 Å². The van der Waals surface area contributed by atoms with Gasteiger partial charge >= 0.3 is 6.61 Å². The molecule has 7 nitrogen and oxygen atoms in total. The van der Waals surface area contributed by atoms with Crippen molar-refractivity contribution in [2.24, 2.45) is 0 Å². The Labute approximate surface area is 154 Å². The van der Waals surface area contributed by atoms with E-state index in [1.165, 1.54) is 30.3 Å². The maximum absolute atomic E-state index is 12.1. The molecule has 0 unspecified atom stereocenters. The first-order valence-electron chi connectivity index (χ1n) is 8.13. The van der Waals surface area contributed by atoms with Gasteiger partial charge in [0.2, 0.25) is 0 Å². The number of nitrogens with zero attached hydrogens (tertiary/aromatic N) is 1. The third-order valence-corrected chi connectivity index (χ3v) is 3.51. The molecule has 0 saturated carbocycles. The molecule has 0 radical (unpaired) electrons. The van der Waals surface area contributed by atoms with Crippen LogP contribution in [-0.4, -0.2) is 23.5 Å². The van der Waals surface area contributed by atoms with Gasteiger partial charge in [0, 0.05) is 24.2 Å². The van der Waals surface area contributed by atoms with Gasteiger partial charge in [0.15, 0.2) is 0 Å². The van der Waals surface area contributed by atoms with Crippen LogP contribution in [0.25, 0.3) is 0 Å². The highest BCUT2D eigenvalue weighted by Gasteiger charge is 2.18. The number of benzene rings is 2. The van der Waals surface area contributed by atoms with Crippen LogP contribution >= 0.6 is 0 Å². The third kappa shape index (κ3) is 5.91. The van der Waals surface area contributed by atoms with Crippen molar-refractivity contribution >= 4 is 17.3 Å². The molecule has 0 aliphatic heterocycles. The number of carbonyl (C=O) groups excluding carboxylic acids is 1. The summed E-state index contributed by atoms with van der Waals surface area (Å²) in [6.45, 7) is 0.913. The highest BCUT2D eigenvalue weighted by Crippen LogP contribution is 2.26. The minimum atomic E-state index is -2.90. The summed E-state index contributed by atoms with van der Waals surface area (Å²) in [4.78, 5) is 22.8. The number of hydrogen-bond donors (Lipinski definition) is 2. The van der Waals surface area contributed by atoms with E-state index in [9.17, 15) is 23.7 Å². The number of ether oxygens (including phenoxy) is 1. The van der Waals surface area contributed by atoms with E-state index >= 15 is 0 Å². The molecule has 0 spiro atoms. The smallest absolute Gasteiger partial charge is 0.387 e. The number of halogens is 2. The lowest BCUT2D eigenvalue weighted by atomic mass is 10.1. The first-order chi connectivity index (χ1) is 12.8. The molecule has 9 heteroatoms. The van der Waals surface area contributed by atoms with E-state index < -0.39 is 17.4 Å². The second-order valence-corrected chi connectivity index (χ2v) is 5.99. The summed E-state index contributed by atoms with van der Waals surface area (Å²) in [6, 6.07) is 9.98. The molecule has 0 aliphatic rings. The van der Waals surface area contributed by atoms with Gasteiger partial charge in [0.05, 0.1) is 4.92 Å². The largest absolute Gasteiger partial charge is 0.435 e. The predicted octanol–water partition coefficient (Wildman–Crippen LogP) is 3.95. The van der Waals surface area contributed by atoms with E-state index in [0.717, 1.165) is 0 Å². The fourth-order valence-corrected chi connectivity index (χ4v) is 2.30. The maximum Gasteiger partial charge on any atom is 0.387 e. The number of nitro benzene ring substituents is 1. The second kappa shape index (κ2) is 8.93. The number of carbonyl (C=O) groups is 1. The molecule has 144 valence electrons. The number of rotatable bonds is 8. The summed E-state index contributed by atoms with van der Waals surface area (Å²) in [6.07, 6.45) is 0. The van der Waals surface area contributed by atoms with E-state index in [4.69, 9.17) is 0 Å². The van der Waals surface area contributed by atoms with Crippen molar-refractivity contribution < 1.29 is 23.2 Å². The Morgan fingerprint density at radius 3 is 2.41 bits per heavy atom. The van der Waals surface area contributed by atoms with Crippen LogP contribution in [-0.2, 0) is 6.54 Å². The van der Waals surface area contributed by atoms with Crippen molar-refractivity contribution in [1.29, 1.82) is 0 Å². The molecule has 0 bridgehead atoms. The van der Waals surface area contributed by atoms with Crippen LogP contribution in [0.5, 0.6) is 5.75 Å².